The van der Waals surface area contributed by atoms with Crippen molar-refractivity contribution in [1.82, 2.24) is 29.8 Å². The minimum atomic E-state index is -0.138. The van der Waals surface area contributed by atoms with Gasteiger partial charge in [0.2, 0.25) is 11.8 Å². The molecule has 0 fully saturated rings. The van der Waals surface area contributed by atoms with E-state index in [1.807, 2.05) is 32.3 Å². The van der Waals surface area contributed by atoms with Crippen LogP contribution in [0.15, 0.2) is 47.1 Å². The van der Waals surface area contributed by atoms with Gasteiger partial charge in [-0.25, -0.2) is 0 Å². The highest BCUT2D eigenvalue weighted by molar-refractivity contribution is 5.90. The van der Waals surface area contributed by atoms with Crippen molar-refractivity contribution in [3.63, 3.8) is 0 Å². The van der Waals surface area contributed by atoms with Gasteiger partial charge >= 0.3 is 0 Å². The van der Waals surface area contributed by atoms with E-state index in [9.17, 15) is 4.79 Å². The fourth-order valence-electron chi connectivity index (χ4n) is 3.23. The van der Waals surface area contributed by atoms with Crippen LogP contribution < -0.4 is 5.32 Å². The molecule has 4 aromatic rings. The second-order valence-corrected chi connectivity index (χ2v) is 7.26. The number of nitrogens with zero attached hydrogens (tertiary/aromatic N) is 6. The summed E-state index contributed by atoms with van der Waals surface area (Å²) in [5.41, 5.74) is 4.64. The lowest BCUT2D eigenvalue weighted by Gasteiger charge is -2.03. The molecule has 0 spiro atoms. The Hall–Kier alpha value is -3.75. The van der Waals surface area contributed by atoms with Gasteiger partial charge in [-0.2, -0.15) is 10.2 Å². The number of nitrogens with one attached hydrogen (secondary N) is 1. The molecule has 4 rings (SSSR count). The molecule has 9 nitrogen and oxygen atoms in total. The van der Waals surface area contributed by atoms with Gasteiger partial charge in [0.05, 0.1) is 24.1 Å². The summed E-state index contributed by atoms with van der Waals surface area (Å²) in [6, 6.07) is 10.1. The normalized spacial score (nSPS) is 11.0. The van der Waals surface area contributed by atoms with Gasteiger partial charge in [-0.3, -0.25) is 14.2 Å². The molecular formula is C21H23N7O2. The van der Waals surface area contributed by atoms with Crippen LogP contribution in [-0.2, 0) is 24.8 Å². The van der Waals surface area contributed by atoms with E-state index in [-0.39, 0.29) is 12.3 Å². The molecule has 9 heteroatoms. The monoisotopic (exact) mass is 405 g/mol. The van der Waals surface area contributed by atoms with E-state index in [1.54, 1.807) is 15.6 Å². The van der Waals surface area contributed by atoms with E-state index in [4.69, 9.17) is 4.42 Å². The second kappa shape index (κ2) is 8.32. The van der Waals surface area contributed by atoms with Crippen molar-refractivity contribution >= 4 is 11.6 Å². The zero-order valence-corrected chi connectivity index (χ0v) is 17.2. The fraction of sp³-hybridized carbons (Fsp3) is 0.286. The number of aryl methyl sites for hydroxylation is 4. The van der Waals surface area contributed by atoms with Crippen LogP contribution >= 0.6 is 0 Å². The molecule has 0 aliphatic rings. The number of anilines is 1. The Morgan fingerprint density at radius 2 is 2.07 bits per heavy atom. The second-order valence-electron chi connectivity index (χ2n) is 7.26. The van der Waals surface area contributed by atoms with E-state index in [2.05, 4.69) is 50.8 Å². The summed E-state index contributed by atoms with van der Waals surface area (Å²) in [6.07, 6.45) is 4.04. The van der Waals surface area contributed by atoms with Gasteiger partial charge in [-0.15, -0.1) is 10.2 Å². The lowest BCUT2D eigenvalue weighted by molar-refractivity contribution is -0.116. The van der Waals surface area contributed by atoms with Crippen molar-refractivity contribution in [2.24, 2.45) is 7.05 Å². The van der Waals surface area contributed by atoms with Crippen LogP contribution in [0.3, 0.4) is 0 Å². The minimum Gasteiger partial charge on any atom is -0.419 e. The zero-order chi connectivity index (χ0) is 21.1. The van der Waals surface area contributed by atoms with E-state index >= 15 is 0 Å². The highest BCUT2D eigenvalue weighted by atomic mass is 16.4. The van der Waals surface area contributed by atoms with Gasteiger partial charge < -0.3 is 9.73 Å². The quantitative estimate of drug-likeness (QED) is 0.507. The highest BCUT2D eigenvalue weighted by Gasteiger charge is 2.14. The average Bonchev–Trinajstić information content (AvgIpc) is 3.41. The molecule has 3 heterocycles. The molecule has 3 aromatic heterocycles. The Morgan fingerprint density at radius 3 is 2.83 bits per heavy atom. The van der Waals surface area contributed by atoms with Crippen molar-refractivity contribution in [1.29, 1.82) is 0 Å². The molecule has 0 aliphatic carbocycles. The highest BCUT2D eigenvalue weighted by Crippen LogP contribution is 2.19. The van der Waals surface area contributed by atoms with Gasteiger partial charge in [0.1, 0.15) is 5.69 Å². The molecule has 0 radical (unpaired) electrons. The number of carbonyl (C=O) groups excluding carboxylic acids is 1. The largest absolute Gasteiger partial charge is 0.419 e. The third-order valence-electron chi connectivity index (χ3n) is 4.60. The molecule has 0 saturated heterocycles. The molecule has 1 aromatic carbocycles. The fourth-order valence-corrected chi connectivity index (χ4v) is 3.23. The molecule has 154 valence electrons. The van der Waals surface area contributed by atoms with Gasteiger partial charge in [0.15, 0.2) is 0 Å². The van der Waals surface area contributed by atoms with E-state index in [0.717, 1.165) is 17.0 Å². The van der Waals surface area contributed by atoms with Gasteiger partial charge in [-0.05, 0) is 25.5 Å². The number of aromatic nitrogens is 6. The van der Waals surface area contributed by atoms with Crippen molar-refractivity contribution in [2.45, 2.75) is 33.2 Å². The molecule has 30 heavy (non-hydrogen) atoms. The van der Waals surface area contributed by atoms with Gasteiger partial charge in [0.25, 0.3) is 5.89 Å². The van der Waals surface area contributed by atoms with Gasteiger partial charge in [0, 0.05) is 26.1 Å². The minimum absolute atomic E-state index is 0.138. The molecule has 0 aliphatic heterocycles. The summed E-state index contributed by atoms with van der Waals surface area (Å²) in [6.45, 7) is 4.60. The SMILES string of the molecule is Cc1cccc(Cn2cc(NC(=O)CCc3nnc(-c4cc(C)nn4C)o3)cn2)c1. The maximum absolute atomic E-state index is 12.3. The molecular weight excluding hydrogens is 382 g/mol. The number of hydrogen-bond donors (Lipinski definition) is 1. The van der Waals surface area contributed by atoms with Crippen LogP contribution in [0.5, 0.6) is 0 Å². The van der Waals surface area contributed by atoms with Crippen LogP contribution in [0.1, 0.15) is 29.1 Å². The first kappa shape index (κ1) is 19.6. The van der Waals surface area contributed by atoms with Crippen LogP contribution in [0.25, 0.3) is 11.6 Å². The third kappa shape index (κ3) is 4.62. The number of amides is 1. The Bertz CT molecular complexity index is 1170. The van der Waals surface area contributed by atoms with Crippen LogP contribution in [-0.4, -0.2) is 35.7 Å². The summed E-state index contributed by atoms with van der Waals surface area (Å²) in [5.74, 6) is 0.668. The molecule has 1 amide bonds. The third-order valence-corrected chi connectivity index (χ3v) is 4.60. The molecule has 0 atom stereocenters. The lowest BCUT2D eigenvalue weighted by atomic mass is 10.1. The Labute approximate surface area is 173 Å². The Balaban J connectivity index is 1.30. The maximum atomic E-state index is 12.3. The first-order chi connectivity index (χ1) is 14.5. The summed E-state index contributed by atoms with van der Waals surface area (Å²) < 4.78 is 9.15. The predicted octanol–water partition coefficient (Wildman–Crippen LogP) is 2.90. The number of hydrogen-bond acceptors (Lipinski definition) is 6. The van der Waals surface area contributed by atoms with Crippen molar-refractivity contribution in [3.8, 4) is 11.6 Å². The first-order valence-electron chi connectivity index (χ1n) is 9.67. The molecule has 0 unspecified atom stereocenters. The first-order valence-corrected chi connectivity index (χ1v) is 9.67. The standard InChI is InChI=1S/C21H23N7O2/c1-14-5-4-6-16(9-14)12-28-13-17(11-22-28)23-19(29)7-8-20-24-25-21(30-20)18-10-15(2)26-27(18)3/h4-6,9-11,13H,7-8,12H2,1-3H3,(H,23,29). The van der Waals surface area contributed by atoms with Crippen molar-refractivity contribution < 1.29 is 9.21 Å². The van der Waals surface area contributed by atoms with E-state index in [1.165, 1.54) is 5.56 Å². The summed E-state index contributed by atoms with van der Waals surface area (Å²) in [7, 11) is 1.82. The smallest absolute Gasteiger partial charge is 0.265 e. The molecule has 1 N–H and O–H groups in total. The van der Waals surface area contributed by atoms with E-state index in [0.29, 0.717) is 30.4 Å². The number of carbonyl (C=O) groups is 1. The van der Waals surface area contributed by atoms with E-state index < -0.39 is 0 Å². The van der Waals surface area contributed by atoms with Gasteiger partial charge in [-0.1, -0.05) is 29.8 Å². The molecule has 0 saturated carbocycles. The number of rotatable bonds is 7. The maximum Gasteiger partial charge on any atom is 0.265 e. The Kier molecular flexibility index (Phi) is 5.42. The topological polar surface area (TPSA) is 104 Å². The van der Waals surface area contributed by atoms with Crippen LogP contribution in [0.2, 0.25) is 0 Å². The summed E-state index contributed by atoms with van der Waals surface area (Å²) in [4.78, 5) is 12.3. The zero-order valence-electron chi connectivity index (χ0n) is 17.2. The van der Waals surface area contributed by atoms with Crippen LogP contribution in [0, 0.1) is 13.8 Å². The summed E-state index contributed by atoms with van der Waals surface area (Å²) in [5, 5.41) is 19.5. The van der Waals surface area contributed by atoms with Crippen molar-refractivity contribution in [3.05, 3.63) is 65.4 Å². The number of benzene rings is 1. The summed E-state index contributed by atoms with van der Waals surface area (Å²) >= 11 is 0. The predicted molar refractivity (Wildman–Crippen MR) is 111 cm³/mol. The Morgan fingerprint density at radius 1 is 1.20 bits per heavy atom. The van der Waals surface area contributed by atoms with Crippen LogP contribution in [0.4, 0.5) is 5.69 Å². The molecule has 0 bridgehead atoms. The lowest BCUT2D eigenvalue weighted by Crippen LogP contribution is -2.12. The average molecular weight is 405 g/mol. The van der Waals surface area contributed by atoms with Crippen molar-refractivity contribution in [2.75, 3.05) is 5.32 Å².